The summed E-state index contributed by atoms with van der Waals surface area (Å²) >= 11 is 12.1. The Kier molecular flexibility index (Phi) is 4.29. The van der Waals surface area contributed by atoms with Crippen LogP contribution in [0.5, 0.6) is 0 Å². The Hall–Kier alpha value is -1.90. The van der Waals surface area contributed by atoms with Gasteiger partial charge in [-0.3, -0.25) is 9.36 Å². The van der Waals surface area contributed by atoms with Gasteiger partial charge >= 0.3 is 0 Å². The zero-order valence-corrected chi connectivity index (χ0v) is 15.8. The molecule has 7 nitrogen and oxygen atoms in total. The van der Waals surface area contributed by atoms with Gasteiger partial charge in [-0.1, -0.05) is 29.3 Å². The fourth-order valence-electron chi connectivity index (χ4n) is 3.15. The van der Waals surface area contributed by atoms with Crippen LogP contribution in [0.1, 0.15) is 18.0 Å². The van der Waals surface area contributed by atoms with E-state index in [4.69, 9.17) is 23.2 Å². The fraction of sp³-hybridized carbons (Fsp3) is 0.312. The molecule has 0 unspecified atom stereocenters. The highest BCUT2D eigenvalue weighted by molar-refractivity contribution is 7.91. The Morgan fingerprint density at radius 1 is 1.27 bits per heavy atom. The maximum Gasteiger partial charge on any atom is 0.264 e. The first kappa shape index (κ1) is 17.5. The van der Waals surface area contributed by atoms with Crippen LogP contribution in [0.3, 0.4) is 0 Å². The van der Waals surface area contributed by atoms with Crippen molar-refractivity contribution < 1.29 is 8.42 Å². The smallest absolute Gasteiger partial charge is 0.264 e. The van der Waals surface area contributed by atoms with Crippen LogP contribution < -0.4 is 5.56 Å². The third-order valence-corrected chi connectivity index (χ3v) is 6.83. The average molecular weight is 413 g/mol. The number of halogens is 2. The predicted octanol–water partition coefficient (Wildman–Crippen LogP) is 2.31. The van der Waals surface area contributed by atoms with Gasteiger partial charge in [-0.25, -0.2) is 18.1 Å². The second-order valence-corrected chi connectivity index (χ2v) is 9.37. The number of rotatable bonds is 3. The summed E-state index contributed by atoms with van der Waals surface area (Å²) in [6.45, 7) is 0.251. The van der Waals surface area contributed by atoms with Crippen LogP contribution in [-0.4, -0.2) is 39.3 Å². The van der Waals surface area contributed by atoms with E-state index >= 15 is 0 Å². The number of nitrogens with zero attached hydrogens (tertiary/aromatic N) is 4. The van der Waals surface area contributed by atoms with Gasteiger partial charge in [-0.15, -0.1) is 0 Å². The highest BCUT2D eigenvalue weighted by Crippen LogP contribution is 2.25. The monoisotopic (exact) mass is 412 g/mol. The molecule has 0 spiro atoms. The van der Waals surface area contributed by atoms with Crippen molar-refractivity contribution in [1.82, 2.24) is 19.3 Å². The zero-order valence-electron chi connectivity index (χ0n) is 13.5. The summed E-state index contributed by atoms with van der Waals surface area (Å²) in [5, 5.41) is 5.55. The van der Waals surface area contributed by atoms with Gasteiger partial charge in [-0.2, -0.15) is 5.10 Å². The average Bonchev–Trinajstić information content (AvgIpc) is 3.15. The van der Waals surface area contributed by atoms with E-state index in [1.54, 1.807) is 22.9 Å². The minimum Gasteiger partial charge on any atom is -0.294 e. The lowest BCUT2D eigenvalue weighted by Gasteiger charge is -2.10. The number of fused-ring (bicyclic) bond motifs is 1. The molecule has 0 N–H and O–H groups in total. The molecule has 2 aromatic heterocycles. The lowest BCUT2D eigenvalue weighted by molar-refractivity contribution is 0.511. The molecule has 1 atom stereocenters. The van der Waals surface area contributed by atoms with E-state index in [-0.39, 0.29) is 29.7 Å². The Balaban J connectivity index is 1.71. The van der Waals surface area contributed by atoms with Crippen molar-refractivity contribution in [2.45, 2.75) is 19.0 Å². The molecule has 1 saturated heterocycles. The number of hydrogen-bond acceptors (Lipinski definition) is 5. The topological polar surface area (TPSA) is 86.8 Å². The summed E-state index contributed by atoms with van der Waals surface area (Å²) in [5.41, 5.74) is 0.886. The maximum atomic E-state index is 12.7. The molecule has 26 heavy (non-hydrogen) atoms. The Bertz CT molecular complexity index is 1170. The summed E-state index contributed by atoms with van der Waals surface area (Å²) < 4.78 is 26.4. The van der Waals surface area contributed by atoms with E-state index in [1.807, 2.05) is 0 Å². The lowest BCUT2D eigenvalue weighted by atomic mass is 10.2. The van der Waals surface area contributed by atoms with Crippen molar-refractivity contribution in [3.8, 4) is 0 Å². The van der Waals surface area contributed by atoms with Gasteiger partial charge in [0.25, 0.3) is 5.56 Å². The standard InChI is InChI=1S/C16H14Cl2N4O3S/c17-11-2-1-10(14(18)5-11)7-21-9-19-15-13(16(21)23)6-20-22(15)12-3-4-26(24,25)8-12/h1-2,5-6,9,12H,3-4,7-8H2/t12-/m1/s1. The summed E-state index contributed by atoms with van der Waals surface area (Å²) in [6, 6.07) is 4.80. The quantitative estimate of drug-likeness (QED) is 0.658. The molecule has 0 aliphatic carbocycles. The van der Waals surface area contributed by atoms with Crippen LogP contribution in [0.15, 0.2) is 35.5 Å². The van der Waals surface area contributed by atoms with Gasteiger partial charge in [0.2, 0.25) is 0 Å². The van der Waals surface area contributed by atoms with Crippen LogP contribution >= 0.6 is 23.2 Å². The summed E-state index contributed by atoms with van der Waals surface area (Å²) in [6.07, 6.45) is 3.34. The molecule has 1 aromatic carbocycles. The molecule has 0 saturated carbocycles. The highest BCUT2D eigenvalue weighted by atomic mass is 35.5. The van der Waals surface area contributed by atoms with E-state index in [1.165, 1.54) is 17.1 Å². The van der Waals surface area contributed by atoms with E-state index in [9.17, 15) is 13.2 Å². The molecular weight excluding hydrogens is 399 g/mol. The first-order chi connectivity index (χ1) is 12.3. The van der Waals surface area contributed by atoms with Crippen LogP contribution in [0.25, 0.3) is 11.0 Å². The SMILES string of the molecule is O=c1c2cnn([C@@H]3CCS(=O)(=O)C3)c2ncn1Cc1ccc(Cl)cc1Cl. The number of benzene rings is 1. The van der Waals surface area contributed by atoms with Crippen molar-refractivity contribution in [3.63, 3.8) is 0 Å². The molecule has 1 fully saturated rings. The van der Waals surface area contributed by atoms with Crippen LogP contribution in [0, 0.1) is 0 Å². The zero-order chi connectivity index (χ0) is 18.5. The van der Waals surface area contributed by atoms with Gasteiger partial charge in [0, 0.05) is 10.0 Å². The van der Waals surface area contributed by atoms with E-state index < -0.39 is 9.84 Å². The van der Waals surface area contributed by atoms with Crippen molar-refractivity contribution in [3.05, 3.63) is 56.7 Å². The second-order valence-electron chi connectivity index (χ2n) is 6.30. The molecule has 4 rings (SSSR count). The molecule has 1 aliphatic rings. The van der Waals surface area contributed by atoms with Gasteiger partial charge in [-0.05, 0) is 24.1 Å². The largest absolute Gasteiger partial charge is 0.294 e. The number of hydrogen-bond donors (Lipinski definition) is 0. The normalized spacial score (nSPS) is 19.2. The Morgan fingerprint density at radius 2 is 2.08 bits per heavy atom. The summed E-state index contributed by atoms with van der Waals surface area (Å²) in [5.74, 6) is 0.153. The molecule has 1 aliphatic heterocycles. The van der Waals surface area contributed by atoms with Gasteiger partial charge in [0.1, 0.15) is 11.7 Å². The van der Waals surface area contributed by atoms with Crippen molar-refractivity contribution >= 4 is 44.1 Å². The van der Waals surface area contributed by atoms with Crippen molar-refractivity contribution in [2.24, 2.45) is 0 Å². The second kappa shape index (κ2) is 6.37. The molecular formula is C16H14Cl2N4O3S. The van der Waals surface area contributed by atoms with E-state index in [0.717, 1.165) is 5.56 Å². The van der Waals surface area contributed by atoms with Crippen LogP contribution in [-0.2, 0) is 16.4 Å². The van der Waals surface area contributed by atoms with Crippen LogP contribution in [0.2, 0.25) is 10.0 Å². The highest BCUT2D eigenvalue weighted by Gasteiger charge is 2.31. The summed E-state index contributed by atoms with van der Waals surface area (Å²) in [7, 11) is -3.05. The third kappa shape index (κ3) is 3.13. The fourth-order valence-corrected chi connectivity index (χ4v) is 5.31. The van der Waals surface area contributed by atoms with Gasteiger partial charge in [0.15, 0.2) is 15.5 Å². The molecule has 10 heteroatoms. The minimum atomic E-state index is -3.05. The summed E-state index contributed by atoms with van der Waals surface area (Å²) in [4.78, 5) is 17.1. The van der Waals surface area contributed by atoms with E-state index in [0.29, 0.717) is 27.5 Å². The maximum absolute atomic E-state index is 12.7. The molecule has 0 bridgehead atoms. The number of sulfone groups is 1. The first-order valence-electron chi connectivity index (χ1n) is 7.91. The molecule has 3 heterocycles. The molecule has 0 amide bonds. The number of aromatic nitrogens is 4. The van der Waals surface area contributed by atoms with Gasteiger partial charge in [0.05, 0.1) is 30.3 Å². The molecule has 3 aromatic rings. The predicted molar refractivity (Wildman–Crippen MR) is 99.7 cm³/mol. The minimum absolute atomic E-state index is 0.0227. The Labute approximate surface area is 159 Å². The van der Waals surface area contributed by atoms with E-state index in [2.05, 4.69) is 10.1 Å². The third-order valence-electron chi connectivity index (χ3n) is 4.49. The molecule has 0 radical (unpaired) electrons. The van der Waals surface area contributed by atoms with Crippen LogP contribution in [0.4, 0.5) is 0 Å². The van der Waals surface area contributed by atoms with Crippen molar-refractivity contribution in [2.75, 3.05) is 11.5 Å². The molecule has 136 valence electrons. The first-order valence-corrected chi connectivity index (χ1v) is 10.5. The lowest BCUT2D eigenvalue weighted by Crippen LogP contribution is -2.22. The van der Waals surface area contributed by atoms with Crippen molar-refractivity contribution in [1.29, 1.82) is 0 Å². The van der Waals surface area contributed by atoms with Gasteiger partial charge < -0.3 is 0 Å². The Morgan fingerprint density at radius 3 is 2.77 bits per heavy atom.